The molecule has 6 atom stereocenters. The molecule has 1 N–H and O–H groups in total. The van der Waals surface area contributed by atoms with Gasteiger partial charge in [0.05, 0.1) is 0 Å². The summed E-state index contributed by atoms with van der Waals surface area (Å²) >= 11 is 0. The van der Waals surface area contributed by atoms with Crippen molar-refractivity contribution in [2.75, 3.05) is 13.1 Å². The van der Waals surface area contributed by atoms with Crippen LogP contribution in [0.15, 0.2) is 0 Å². The highest BCUT2D eigenvalue weighted by Gasteiger charge is 2.67. The Kier molecular flexibility index (Phi) is 3.16. The highest BCUT2D eigenvalue weighted by molar-refractivity contribution is 5.18. The van der Waals surface area contributed by atoms with E-state index in [1.54, 1.807) is 19.3 Å². The largest absolute Gasteiger partial charge is 0.311 e. The lowest BCUT2D eigenvalue weighted by Gasteiger charge is -2.44. The van der Waals surface area contributed by atoms with E-state index in [-0.39, 0.29) is 0 Å². The lowest BCUT2D eigenvalue weighted by molar-refractivity contribution is 0.0819. The predicted octanol–water partition coefficient (Wildman–Crippen LogP) is 3.27. The van der Waals surface area contributed by atoms with Crippen LogP contribution in [0.5, 0.6) is 0 Å². The third-order valence-corrected chi connectivity index (χ3v) is 7.95. The molecule has 118 valence electrons. The Morgan fingerprint density at radius 3 is 2.29 bits per heavy atom. The van der Waals surface area contributed by atoms with Gasteiger partial charge in [-0.25, -0.2) is 0 Å². The first-order chi connectivity index (χ1) is 10.3. The standard InChI is InChI=1S/C19H32N2/c1-12-10-20-16(13-5-3-2-4-6-13)11-21(12)19-17-14-7-8-15(9-14)18(17)19/h12-20H,2-11H2,1H3. The first-order valence-corrected chi connectivity index (χ1v) is 9.82. The molecule has 5 rings (SSSR count). The molecule has 0 spiro atoms. The van der Waals surface area contributed by atoms with E-state index in [4.69, 9.17) is 0 Å². The Hall–Kier alpha value is -0.0800. The molecule has 5 fully saturated rings. The third-order valence-electron chi connectivity index (χ3n) is 7.95. The monoisotopic (exact) mass is 288 g/mol. The zero-order valence-corrected chi connectivity index (χ0v) is 13.6. The van der Waals surface area contributed by atoms with Gasteiger partial charge >= 0.3 is 0 Å². The molecular formula is C19H32N2. The number of rotatable bonds is 2. The normalized spacial score (nSPS) is 53.9. The molecule has 4 saturated carbocycles. The fourth-order valence-electron chi connectivity index (χ4n) is 6.90. The summed E-state index contributed by atoms with van der Waals surface area (Å²) in [4.78, 5) is 2.97. The zero-order chi connectivity index (χ0) is 14.0. The van der Waals surface area contributed by atoms with E-state index in [0.717, 1.165) is 47.7 Å². The molecule has 5 aliphatic rings. The molecule has 0 aromatic heterocycles. The molecule has 4 aliphatic carbocycles. The van der Waals surface area contributed by atoms with Gasteiger partial charge in [0.15, 0.2) is 0 Å². The maximum absolute atomic E-state index is 3.91. The van der Waals surface area contributed by atoms with E-state index in [0.29, 0.717) is 0 Å². The van der Waals surface area contributed by atoms with E-state index in [9.17, 15) is 0 Å². The van der Waals surface area contributed by atoms with Crippen molar-refractivity contribution < 1.29 is 0 Å². The predicted molar refractivity (Wildman–Crippen MR) is 86.1 cm³/mol. The SMILES string of the molecule is CC1CNC(C2CCCCC2)CN1C1C2C3CCC(C3)C21. The molecular weight excluding hydrogens is 256 g/mol. The summed E-state index contributed by atoms with van der Waals surface area (Å²) in [6.45, 7) is 5.08. The van der Waals surface area contributed by atoms with Gasteiger partial charge in [-0.15, -0.1) is 0 Å². The summed E-state index contributed by atoms with van der Waals surface area (Å²) in [5.41, 5.74) is 0. The number of nitrogens with zero attached hydrogens (tertiary/aromatic N) is 1. The molecule has 0 amide bonds. The molecule has 1 aliphatic heterocycles. The summed E-state index contributed by atoms with van der Waals surface area (Å²) in [6.07, 6.45) is 12.2. The van der Waals surface area contributed by atoms with E-state index in [1.807, 2.05) is 0 Å². The van der Waals surface area contributed by atoms with Gasteiger partial charge < -0.3 is 5.32 Å². The first kappa shape index (κ1) is 13.4. The lowest BCUT2D eigenvalue weighted by Crippen LogP contribution is -2.59. The number of hydrogen-bond acceptors (Lipinski definition) is 2. The van der Waals surface area contributed by atoms with Gasteiger partial charge in [0.25, 0.3) is 0 Å². The molecule has 21 heavy (non-hydrogen) atoms. The summed E-state index contributed by atoms with van der Waals surface area (Å²) in [6, 6.07) is 2.58. The zero-order valence-electron chi connectivity index (χ0n) is 13.6. The molecule has 1 heterocycles. The Labute approximate surface area is 130 Å². The molecule has 0 aromatic carbocycles. The van der Waals surface area contributed by atoms with Crippen molar-refractivity contribution in [1.82, 2.24) is 10.2 Å². The van der Waals surface area contributed by atoms with E-state index in [1.165, 1.54) is 45.2 Å². The van der Waals surface area contributed by atoms with Crippen LogP contribution in [0.25, 0.3) is 0 Å². The number of nitrogens with one attached hydrogen (secondary N) is 1. The van der Waals surface area contributed by atoms with Crippen molar-refractivity contribution in [2.45, 2.75) is 76.4 Å². The van der Waals surface area contributed by atoms with E-state index >= 15 is 0 Å². The number of fused-ring (bicyclic) bond motifs is 5. The average molecular weight is 288 g/mol. The molecule has 2 heteroatoms. The molecule has 0 radical (unpaired) electrons. The van der Waals surface area contributed by atoms with Crippen LogP contribution in [0.1, 0.15) is 58.3 Å². The second-order valence-electron chi connectivity index (χ2n) is 8.94. The van der Waals surface area contributed by atoms with Crippen molar-refractivity contribution in [2.24, 2.45) is 29.6 Å². The highest BCUT2D eigenvalue weighted by atomic mass is 15.3. The second-order valence-corrected chi connectivity index (χ2v) is 8.94. The minimum Gasteiger partial charge on any atom is -0.311 e. The quantitative estimate of drug-likeness (QED) is 0.839. The molecule has 0 aromatic rings. The maximum atomic E-state index is 3.91. The molecule has 2 nitrogen and oxygen atoms in total. The Balaban J connectivity index is 1.28. The Morgan fingerprint density at radius 2 is 1.57 bits per heavy atom. The van der Waals surface area contributed by atoms with Crippen LogP contribution in [0.3, 0.4) is 0 Å². The smallest absolute Gasteiger partial charge is 0.0224 e. The van der Waals surface area contributed by atoms with Crippen LogP contribution in [-0.4, -0.2) is 36.1 Å². The van der Waals surface area contributed by atoms with Gasteiger partial charge in [0.1, 0.15) is 0 Å². The fraction of sp³-hybridized carbons (Fsp3) is 1.00. The topological polar surface area (TPSA) is 15.3 Å². The van der Waals surface area contributed by atoms with Crippen molar-refractivity contribution in [1.29, 1.82) is 0 Å². The second kappa shape index (κ2) is 4.96. The van der Waals surface area contributed by atoms with Crippen LogP contribution in [0, 0.1) is 29.6 Å². The van der Waals surface area contributed by atoms with Crippen LogP contribution in [-0.2, 0) is 0 Å². The lowest BCUT2D eigenvalue weighted by atomic mass is 9.82. The van der Waals surface area contributed by atoms with Crippen LogP contribution in [0.4, 0.5) is 0 Å². The van der Waals surface area contributed by atoms with Crippen molar-refractivity contribution in [3.8, 4) is 0 Å². The van der Waals surface area contributed by atoms with Crippen LogP contribution in [0.2, 0.25) is 0 Å². The van der Waals surface area contributed by atoms with Gasteiger partial charge in [0.2, 0.25) is 0 Å². The average Bonchev–Trinajstić information content (AvgIpc) is 2.95. The maximum Gasteiger partial charge on any atom is 0.0224 e. The van der Waals surface area contributed by atoms with Crippen LogP contribution >= 0.6 is 0 Å². The van der Waals surface area contributed by atoms with Gasteiger partial charge in [-0.3, -0.25) is 4.90 Å². The van der Waals surface area contributed by atoms with Gasteiger partial charge in [-0.1, -0.05) is 19.3 Å². The minimum atomic E-state index is 0.778. The number of piperazine rings is 1. The van der Waals surface area contributed by atoms with E-state index in [2.05, 4.69) is 17.1 Å². The molecule has 2 bridgehead atoms. The van der Waals surface area contributed by atoms with Gasteiger partial charge in [-0.2, -0.15) is 0 Å². The number of hydrogen-bond donors (Lipinski definition) is 1. The van der Waals surface area contributed by atoms with Crippen molar-refractivity contribution >= 4 is 0 Å². The summed E-state index contributed by atoms with van der Waals surface area (Å²) in [5.74, 6) is 5.47. The Morgan fingerprint density at radius 1 is 0.857 bits per heavy atom. The fourth-order valence-corrected chi connectivity index (χ4v) is 6.90. The first-order valence-electron chi connectivity index (χ1n) is 9.82. The Bertz CT molecular complexity index is 386. The highest BCUT2D eigenvalue weighted by Crippen LogP contribution is 2.67. The van der Waals surface area contributed by atoms with Crippen molar-refractivity contribution in [3.05, 3.63) is 0 Å². The van der Waals surface area contributed by atoms with E-state index < -0.39 is 0 Å². The summed E-state index contributed by atoms with van der Waals surface area (Å²) in [5, 5.41) is 3.91. The molecule has 1 saturated heterocycles. The van der Waals surface area contributed by atoms with Crippen molar-refractivity contribution in [3.63, 3.8) is 0 Å². The summed E-state index contributed by atoms with van der Waals surface area (Å²) in [7, 11) is 0. The third kappa shape index (κ3) is 2.05. The minimum absolute atomic E-state index is 0.778. The van der Waals surface area contributed by atoms with Gasteiger partial charge in [-0.05, 0) is 68.6 Å². The van der Waals surface area contributed by atoms with Crippen LogP contribution < -0.4 is 5.32 Å². The summed E-state index contributed by atoms with van der Waals surface area (Å²) < 4.78 is 0. The molecule has 6 unspecified atom stereocenters. The van der Waals surface area contributed by atoms with Gasteiger partial charge in [0, 0.05) is 31.2 Å².